The lowest BCUT2D eigenvalue weighted by Gasteiger charge is -2.23. The molecule has 0 radical (unpaired) electrons. The highest BCUT2D eigenvalue weighted by Gasteiger charge is 2.27. The van der Waals surface area contributed by atoms with E-state index in [1.807, 2.05) is 6.20 Å². The number of aromatic nitrogens is 2. The molecule has 0 bridgehead atoms. The van der Waals surface area contributed by atoms with Gasteiger partial charge in [0.1, 0.15) is 0 Å². The molecule has 1 aromatic heterocycles. The molecule has 1 aromatic carbocycles. The van der Waals surface area contributed by atoms with Gasteiger partial charge in [-0.2, -0.15) is 5.10 Å². The summed E-state index contributed by atoms with van der Waals surface area (Å²) < 4.78 is 2.14. The minimum atomic E-state index is 0.656. The number of rotatable bonds is 3. The lowest BCUT2D eigenvalue weighted by molar-refractivity contribution is 0.461. The van der Waals surface area contributed by atoms with Gasteiger partial charge in [0, 0.05) is 24.4 Å². The van der Waals surface area contributed by atoms with E-state index in [1.165, 1.54) is 49.2 Å². The first-order valence-electron chi connectivity index (χ1n) is 7.77. The molecule has 20 heavy (non-hydrogen) atoms. The van der Waals surface area contributed by atoms with Gasteiger partial charge in [-0.25, -0.2) is 4.68 Å². The monoisotopic (exact) mass is 267 g/mol. The number of nitrogens with one attached hydrogen (secondary N) is 1. The number of nitrogens with zero attached hydrogens (tertiary/aromatic N) is 2. The van der Waals surface area contributed by atoms with Gasteiger partial charge in [-0.15, -0.1) is 0 Å². The van der Waals surface area contributed by atoms with Crippen molar-refractivity contribution in [3.05, 3.63) is 47.8 Å². The van der Waals surface area contributed by atoms with E-state index < -0.39 is 0 Å². The van der Waals surface area contributed by atoms with Crippen LogP contribution in [0.1, 0.15) is 48.8 Å². The molecule has 0 amide bonds. The summed E-state index contributed by atoms with van der Waals surface area (Å²) in [5.74, 6) is 1.39. The molecule has 3 heteroatoms. The standard InChI is InChI=1S/C17H21N3/c1-3-14(15-4-2-9-18-12-15)11-16(5-1)20-17(8-10-19-20)13-6-7-13/h1,3,5,8,10-11,13,15,18H,2,4,6-7,9,12H2. The first-order chi connectivity index (χ1) is 9.92. The molecule has 2 aliphatic rings. The molecule has 1 saturated heterocycles. The predicted molar refractivity (Wildman–Crippen MR) is 80.4 cm³/mol. The van der Waals surface area contributed by atoms with Gasteiger partial charge >= 0.3 is 0 Å². The van der Waals surface area contributed by atoms with Gasteiger partial charge < -0.3 is 5.32 Å². The highest BCUT2D eigenvalue weighted by Crippen LogP contribution is 2.40. The smallest absolute Gasteiger partial charge is 0.0651 e. The van der Waals surface area contributed by atoms with Crippen LogP contribution in [-0.4, -0.2) is 22.9 Å². The van der Waals surface area contributed by atoms with Crippen LogP contribution in [0.2, 0.25) is 0 Å². The number of hydrogen-bond donors (Lipinski definition) is 1. The minimum Gasteiger partial charge on any atom is -0.316 e. The summed E-state index contributed by atoms with van der Waals surface area (Å²) in [6.07, 6.45) is 7.15. The minimum absolute atomic E-state index is 0.656. The molecule has 0 spiro atoms. The Labute approximate surface area is 120 Å². The Balaban J connectivity index is 1.66. The average molecular weight is 267 g/mol. The SMILES string of the molecule is c1cc(C2CCCNC2)cc(-n2nccc2C2CC2)c1. The number of benzene rings is 1. The quantitative estimate of drug-likeness (QED) is 0.925. The first-order valence-corrected chi connectivity index (χ1v) is 7.77. The zero-order valence-corrected chi connectivity index (χ0v) is 11.8. The largest absolute Gasteiger partial charge is 0.316 e. The maximum absolute atomic E-state index is 4.53. The Hall–Kier alpha value is -1.61. The highest BCUT2D eigenvalue weighted by molar-refractivity contribution is 5.39. The molecule has 3 nitrogen and oxygen atoms in total. The summed E-state index contributed by atoms with van der Waals surface area (Å²) in [6.45, 7) is 2.28. The molecular formula is C17H21N3. The molecule has 2 aromatic rings. The van der Waals surface area contributed by atoms with Crippen LogP contribution in [0, 0.1) is 0 Å². The fraction of sp³-hybridized carbons (Fsp3) is 0.471. The van der Waals surface area contributed by atoms with Crippen LogP contribution in [-0.2, 0) is 0 Å². The van der Waals surface area contributed by atoms with Crippen LogP contribution >= 0.6 is 0 Å². The lowest BCUT2D eigenvalue weighted by atomic mass is 9.91. The van der Waals surface area contributed by atoms with Gasteiger partial charge in [0.2, 0.25) is 0 Å². The maximum Gasteiger partial charge on any atom is 0.0651 e. The summed E-state index contributed by atoms with van der Waals surface area (Å²) in [5, 5.41) is 8.04. The Bertz CT molecular complexity index is 592. The van der Waals surface area contributed by atoms with Crippen LogP contribution in [0.15, 0.2) is 36.5 Å². The third kappa shape index (κ3) is 2.27. The molecule has 2 fully saturated rings. The van der Waals surface area contributed by atoms with Crippen LogP contribution in [0.5, 0.6) is 0 Å². The van der Waals surface area contributed by atoms with Gasteiger partial charge in [0.15, 0.2) is 0 Å². The predicted octanol–water partition coefficient (Wildman–Crippen LogP) is 3.22. The van der Waals surface area contributed by atoms with Crippen molar-refractivity contribution < 1.29 is 0 Å². The lowest BCUT2D eigenvalue weighted by Crippen LogP contribution is -2.28. The third-order valence-electron chi connectivity index (χ3n) is 4.55. The molecule has 104 valence electrons. The van der Waals surface area contributed by atoms with Gasteiger partial charge in [0.25, 0.3) is 0 Å². The average Bonchev–Trinajstić information content (AvgIpc) is 3.25. The van der Waals surface area contributed by atoms with E-state index in [4.69, 9.17) is 0 Å². The molecule has 4 rings (SSSR count). The summed E-state index contributed by atoms with van der Waals surface area (Å²) in [4.78, 5) is 0. The normalized spacial score (nSPS) is 22.9. The molecule has 1 aliphatic carbocycles. The second-order valence-corrected chi connectivity index (χ2v) is 6.08. The molecule has 1 N–H and O–H groups in total. The van der Waals surface area contributed by atoms with Crippen molar-refractivity contribution >= 4 is 0 Å². The Morgan fingerprint density at radius 1 is 1.10 bits per heavy atom. The van der Waals surface area contributed by atoms with Gasteiger partial charge in [-0.05, 0) is 61.9 Å². The molecule has 2 heterocycles. The van der Waals surface area contributed by atoms with E-state index in [2.05, 4.69) is 45.4 Å². The topological polar surface area (TPSA) is 29.9 Å². The highest BCUT2D eigenvalue weighted by atomic mass is 15.3. The molecule has 1 aliphatic heterocycles. The summed E-state index contributed by atoms with van der Waals surface area (Å²) >= 11 is 0. The number of hydrogen-bond acceptors (Lipinski definition) is 2. The molecule has 1 unspecified atom stereocenters. The van der Waals surface area contributed by atoms with Gasteiger partial charge in [0.05, 0.1) is 5.69 Å². The van der Waals surface area contributed by atoms with Crippen LogP contribution in [0.4, 0.5) is 0 Å². The first kappa shape index (κ1) is 12.2. The van der Waals surface area contributed by atoms with Crippen LogP contribution in [0.3, 0.4) is 0 Å². The molecule has 1 atom stereocenters. The maximum atomic E-state index is 4.53. The molecule has 1 saturated carbocycles. The Morgan fingerprint density at radius 2 is 2.05 bits per heavy atom. The van der Waals surface area contributed by atoms with E-state index in [9.17, 15) is 0 Å². The third-order valence-corrected chi connectivity index (χ3v) is 4.55. The number of piperidine rings is 1. The fourth-order valence-corrected chi connectivity index (χ4v) is 3.26. The van der Waals surface area contributed by atoms with E-state index in [-0.39, 0.29) is 0 Å². The van der Waals surface area contributed by atoms with Crippen molar-refractivity contribution in [2.75, 3.05) is 13.1 Å². The van der Waals surface area contributed by atoms with Gasteiger partial charge in [-0.3, -0.25) is 0 Å². The Morgan fingerprint density at radius 3 is 2.85 bits per heavy atom. The van der Waals surface area contributed by atoms with Crippen molar-refractivity contribution in [2.45, 2.75) is 37.5 Å². The summed E-state index contributed by atoms with van der Waals surface area (Å²) in [5.41, 5.74) is 4.05. The van der Waals surface area contributed by atoms with Crippen LogP contribution in [0.25, 0.3) is 5.69 Å². The van der Waals surface area contributed by atoms with Crippen molar-refractivity contribution in [3.63, 3.8) is 0 Å². The second kappa shape index (κ2) is 5.06. The second-order valence-electron chi connectivity index (χ2n) is 6.08. The van der Waals surface area contributed by atoms with E-state index in [0.717, 1.165) is 12.5 Å². The summed E-state index contributed by atoms with van der Waals surface area (Å²) in [6, 6.07) is 11.1. The van der Waals surface area contributed by atoms with Crippen molar-refractivity contribution in [3.8, 4) is 5.69 Å². The zero-order valence-electron chi connectivity index (χ0n) is 11.8. The van der Waals surface area contributed by atoms with Gasteiger partial charge in [-0.1, -0.05) is 12.1 Å². The van der Waals surface area contributed by atoms with Crippen molar-refractivity contribution in [1.29, 1.82) is 0 Å². The van der Waals surface area contributed by atoms with E-state index in [1.54, 1.807) is 0 Å². The molecular weight excluding hydrogens is 246 g/mol. The van der Waals surface area contributed by atoms with E-state index >= 15 is 0 Å². The zero-order chi connectivity index (χ0) is 13.4. The summed E-state index contributed by atoms with van der Waals surface area (Å²) in [7, 11) is 0. The Kier molecular flexibility index (Phi) is 3.07. The fourth-order valence-electron chi connectivity index (χ4n) is 3.26. The van der Waals surface area contributed by atoms with Crippen molar-refractivity contribution in [1.82, 2.24) is 15.1 Å². The van der Waals surface area contributed by atoms with Crippen LogP contribution < -0.4 is 5.32 Å². The van der Waals surface area contributed by atoms with E-state index in [0.29, 0.717) is 5.92 Å². The van der Waals surface area contributed by atoms with Crippen molar-refractivity contribution in [2.24, 2.45) is 0 Å².